The average Bonchev–Trinajstić information content (AvgIpc) is 2.69. The van der Waals surface area contributed by atoms with Gasteiger partial charge in [0.15, 0.2) is 0 Å². The fourth-order valence-corrected chi connectivity index (χ4v) is 3.82. The standard InChI is InChI=1S/C20H26N4O3/c1-2-27-20(26)15-22-9-7-17(8-10-22)23-11-12-24(19(25)14-23)18-5-3-16(13-21)4-6-18/h3-6,17H,2,7-12,14-15H2,1H3. The van der Waals surface area contributed by atoms with Crippen molar-refractivity contribution in [3.63, 3.8) is 0 Å². The maximum absolute atomic E-state index is 12.6. The molecule has 7 nitrogen and oxygen atoms in total. The molecule has 27 heavy (non-hydrogen) atoms. The molecule has 2 fully saturated rings. The number of carbonyl (C=O) groups excluding carboxylic acids is 2. The van der Waals surface area contributed by atoms with Crippen molar-refractivity contribution < 1.29 is 14.3 Å². The number of piperazine rings is 1. The van der Waals surface area contributed by atoms with Crippen LogP contribution in [0.3, 0.4) is 0 Å². The van der Waals surface area contributed by atoms with Crippen LogP contribution in [-0.4, -0.2) is 73.6 Å². The number of nitriles is 1. The SMILES string of the molecule is CCOC(=O)CN1CCC(N2CCN(c3ccc(C#N)cc3)C(=O)C2)CC1. The van der Waals surface area contributed by atoms with Crippen LogP contribution in [0.25, 0.3) is 0 Å². The number of anilines is 1. The minimum absolute atomic E-state index is 0.0971. The van der Waals surface area contributed by atoms with E-state index in [1.807, 2.05) is 19.1 Å². The second-order valence-electron chi connectivity index (χ2n) is 6.99. The highest BCUT2D eigenvalue weighted by atomic mass is 16.5. The summed E-state index contributed by atoms with van der Waals surface area (Å²) < 4.78 is 5.01. The quantitative estimate of drug-likeness (QED) is 0.726. The number of carbonyl (C=O) groups is 2. The molecule has 0 saturated carbocycles. The summed E-state index contributed by atoms with van der Waals surface area (Å²) >= 11 is 0. The van der Waals surface area contributed by atoms with Crippen molar-refractivity contribution in [2.45, 2.75) is 25.8 Å². The summed E-state index contributed by atoms with van der Waals surface area (Å²) in [6.07, 6.45) is 1.92. The van der Waals surface area contributed by atoms with Gasteiger partial charge in [-0.1, -0.05) is 0 Å². The molecule has 3 rings (SSSR count). The molecule has 0 unspecified atom stereocenters. The predicted octanol–water partition coefficient (Wildman–Crippen LogP) is 1.23. The van der Waals surface area contributed by atoms with Gasteiger partial charge in [-0.2, -0.15) is 5.26 Å². The number of amides is 1. The number of benzene rings is 1. The maximum atomic E-state index is 12.6. The van der Waals surface area contributed by atoms with E-state index in [-0.39, 0.29) is 11.9 Å². The number of rotatable bonds is 5. The van der Waals surface area contributed by atoms with Crippen molar-refractivity contribution in [2.24, 2.45) is 0 Å². The highest BCUT2D eigenvalue weighted by molar-refractivity contribution is 5.95. The number of hydrogen-bond acceptors (Lipinski definition) is 6. The second kappa shape index (κ2) is 8.98. The molecule has 0 spiro atoms. The highest BCUT2D eigenvalue weighted by Crippen LogP contribution is 2.22. The zero-order chi connectivity index (χ0) is 19.2. The van der Waals surface area contributed by atoms with Crippen molar-refractivity contribution in [3.8, 4) is 6.07 Å². The molecule has 0 aliphatic carbocycles. The average molecular weight is 370 g/mol. The molecule has 0 atom stereocenters. The third-order valence-electron chi connectivity index (χ3n) is 5.29. The Kier molecular flexibility index (Phi) is 6.43. The summed E-state index contributed by atoms with van der Waals surface area (Å²) in [5.41, 5.74) is 1.45. The maximum Gasteiger partial charge on any atom is 0.320 e. The molecule has 2 heterocycles. The van der Waals surface area contributed by atoms with E-state index in [2.05, 4.69) is 15.9 Å². The third-order valence-corrected chi connectivity index (χ3v) is 5.29. The number of piperidine rings is 1. The van der Waals surface area contributed by atoms with E-state index in [0.717, 1.165) is 38.2 Å². The fourth-order valence-electron chi connectivity index (χ4n) is 3.82. The second-order valence-corrected chi connectivity index (χ2v) is 6.99. The van der Waals surface area contributed by atoms with Crippen molar-refractivity contribution in [1.82, 2.24) is 9.80 Å². The van der Waals surface area contributed by atoms with Crippen LogP contribution in [0.4, 0.5) is 5.69 Å². The van der Waals surface area contributed by atoms with Gasteiger partial charge in [0.05, 0.1) is 31.3 Å². The summed E-state index contributed by atoms with van der Waals surface area (Å²) in [5, 5.41) is 8.90. The van der Waals surface area contributed by atoms with Crippen LogP contribution < -0.4 is 4.90 Å². The molecule has 0 bridgehead atoms. The van der Waals surface area contributed by atoms with Gasteiger partial charge in [0.25, 0.3) is 0 Å². The number of hydrogen-bond donors (Lipinski definition) is 0. The van der Waals surface area contributed by atoms with E-state index in [4.69, 9.17) is 10.00 Å². The molecule has 0 radical (unpaired) electrons. The van der Waals surface area contributed by atoms with Crippen LogP contribution in [0, 0.1) is 11.3 Å². The Morgan fingerprint density at radius 2 is 1.89 bits per heavy atom. The Morgan fingerprint density at radius 1 is 1.19 bits per heavy atom. The van der Waals surface area contributed by atoms with Crippen LogP contribution in [0.2, 0.25) is 0 Å². The summed E-state index contributed by atoms with van der Waals surface area (Å²) in [6.45, 7) is 6.22. The molecular weight excluding hydrogens is 344 g/mol. The first-order chi connectivity index (χ1) is 13.1. The van der Waals surface area contributed by atoms with Crippen LogP contribution in [0.1, 0.15) is 25.3 Å². The van der Waals surface area contributed by atoms with E-state index in [0.29, 0.717) is 37.8 Å². The van der Waals surface area contributed by atoms with E-state index in [1.165, 1.54) is 0 Å². The smallest absolute Gasteiger partial charge is 0.320 e. The summed E-state index contributed by atoms with van der Waals surface area (Å²) in [4.78, 5) is 30.4. The van der Waals surface area contributed by atoms with Gasteiger partial charge in [-0.3, -0.25) is 19.4 Å². The first kappa shape index (κ1) is 19.3. The topological polar surface area (TPSA) is 76.9 Å². The minimum atomic E-state index is -0.165. The van der Waals surface area contributed by atoms with Gasteiger partial charge in [-0.25, -0.2) is 0 Å². The predicted molar refractivity (Wildman–Crippen MR) is 101 cm³/mol. The Balaban J connectivity index is 1.49. The molecule has 2 aliphatic heterocycles. The van der Waals surface area contributed by atoms with E-state index >= 15 is 0 Å². The van der Waals surface area contributed by atoms with Gasteiger partial charge < -0.3 is 9.64 Å². The first-order valence-corrected chi connectivity index (χ1v) is 9.53. The summed E-state index contributed by atoms with van der Waals surface area (Å²) in [7, 11) is 0. The molecule has 2 saturated heterocycles. The minimum Gasteiger partial charge on any atom is -0.465 e. The zero-order valence-electron chi connectivity index (χ0n) is 15.8. The van der Waals surface area contributed by atoms with Gasteiger partial charge in [0.2, 0.25) is 5.91 Å². The molecular formula is C20H26N4O3. The van der Waals surface area contributed by atoms with Crippen molar-refractivity contribution in [2.75, 3.05) is 50.8 Å². The molecule has 1 aromatic rings. The monoisotopic (exact) mass is 370 g/mol. The molecule has 1 aromatic carbocycles. The van der Waals surface area contributed by atoms with Gasteiger partial charge >= 0.3 is 5.97 Å². The molecule has 7 heteroatoms. The van der Waals surface area contributed by atoms with E-state index in [1.54, 1.807) is 17.0 Å². The van der Waals surface area contributed by atoms with Crippen molar-refractivity contribution in [3.05, 3.63) is 29.8 Å². The fraction of sp³-hybridized carbons (Fsp3) is 0.550. The van der Waals surface area contributed by atoms with Crippen LogP contribution in [0.15, 0.2) is 24.3 Å². The van der Waals surface area contributed by atoms with Crippen LogP contribution in [0.5, 0.6) is 0 Å². The Bertz CT molecular complexity index is 705. The van der Waals surface area contributed by atoms with Gasteiger partial charge in [0, 0.05) is 37.9 Å². The normalized spacial score (nSPS) is 19.7. The Labute approximate surface area is 160 Å². The van der Waals surface area contributed by atoms with Gasteiger partial charge in [-0.15, -0.1) is 0 Å². The van der Waals surface area contributed by atoms with Crippen LogP contribution >= 0.6 is 0 Å². The number of ether oxygens (including phenoxy) is 1. The molecule has 0 N–H and O–H groups in total. The lowest BCUT2D eigenvalue weighted by Crippen LogP contribution is -2.56. The van der Waals surface area contributed by atoms with Gasteiger partial charge in [0.1, 0.15) is 0 Å². The molecule has 144 valence electrons. The Morgan fingerprint density at radius 3 is 2.48 bits per heavy atom. The number of likely N-dealkylation sites (tertiary alicyclic amines) is 1. The lowest BCUT2D eigenvalue weighted by atomic mass is 10.0. The zero-order valence-corrected chi connectivity index (χ0v) is 15.8. The van der Waals surface area contributed by atoms with E-state index < -0.39 is 0 Å². The number of esters is 1. The van der Waals surface area contributed by atoms with Gasteiger partial charge in [-0.05, 0) is 44.0 Å². The highest BCUT2D eigenvalue weighted by Gasteiger charge is 2.32. The third kappa shape index (κ3) is 4.85. The van der Waals surface area contributed by atoms with E-state index in [9.17, 15) is 9.59 Å². The van der Waals surface area contributed by atoms with Crippen LogP contribution in [-0.2, 0) is 14.3 Å². The molecule has 1 amide bonds. The molecule has 0 aromatic heterocycles. The lowest BCUT2D eigenvalue weighted by Gasteiger charge is -2.42. The molecule has 2 aliphatic rings. The lowest BCUT2D eigenvalue weighted by molar-refractivity contribution is -0.144. The Hall–Kier alpha value is -2.43. The first-order valence-electron chi connectivity index (χ1n) is 9.53. The van der Waals surface area contributed by atoms with Crippen molar-refractivity contribution >= 4 is 17.6 Å². The number of nitrogens with zero attached hydrogens (tertiary/aromatic N) is 4. The van der Waals surface area contributed by atoms with Crippen molar-refractivity contribution in [1.29, 1.82) is 5.26 Å². The largest absolute Gasteiger partial charge is 0.465 e. The summed E-state index contributed by atoms with van der Waals surface area (Å²) in [6, 6.07) is 9.64. The summed E-state index contributed by atoms with van der Waals surface area (Å²) in [5.74, 6) is -0.0675.